The molecule has 0 amide bonds. The third-order valence-corrected chi connectivity index (χ3v) is 3.60. The summed E-state index contributed by atoms with van der Waals surface area (Å²) in [5.41, 5.74) is 1.60. The Bertz CT molecular complexity index is 707. The Hall–Kier alpha value is -2.82. The first kappa shape index (κ1) is 17.5. The molecule has 0 N–H and O–H groups in total. The van der Waals surface area contributed by atoms with E-state index in [4.69, 9.17) is 23.7 Å². The molecular weight excluding hydrogens is 308 g/mol. The molecule has 0 unspecified atom stereocenters. The van der Waals surface area contributed by atoms with Gasteiger partial charge in [0.05, 0.1) is 41.1 Å². The predicted octanol–water partition coefficient (Wildman–Crippen LogP) is 3.83. The van der Waals surface area contributed by atoms with Gasteiger partial charge in [-0.25, -0.2) is 0 Å². The van der Waals surface area contributed by atoms with E-state index in [0.29, 0.717) is 34.3 Å². The van der Waals surface area contributed by atoms with Crippen molar-refractivity contribution in [3.8, 4) is 17.2 Å². The molecule has 0 bridgehead atoms. The number of methoxy groups -OCH3 is 5. The summed E-state index contributed by atoms with van der Waals surface area (Å²) in [7, 11) is 7.91. The van der Waals surface area contributed by atoms with Crippen LogP contribution in [0.15, 0.2) is 42.5 Å². The maximum Gasteiger partial charge on any atom is 0.204 e. The van der Waals surface area contributed by atoms with Gasteiger partial charge in [-0.3, -0.25) is 0 Å². The van der Waals surface area contributed by atoms with Gasteiger partial charge in [-0.1, -0.05) is 30.3 Å². The summed E-state index contributed by atoms with van der Waals surface area (Å²) in [4.78, 5) is 0. The highest BCUT2D eigenvalue weighted by Crippen LogP contribution is 2.44. The highest BCUT2D eigenvalue weighted by atomic mass is 16.5. The lowest BCUT2D eigenvalue weighted by Gasteiger charge is -2.19. The lowest BCUT2D eigenvalue weighted by Crippen LogP contribution is -2.02. The predicted molar refractivity (Wildman–Crippen MR) is 93.4 cm³/mol. The van der Waals surface area contributed by atoms with Crippen molar-refractivity contribution < 1.29 is 23.7 Å². The zero-order valence-electron chi connectivity index (χ0n) is 14.6. The Morgan fingerprint density at radius 2 is 1.25 bits per heavy atom. The fourth-order valence-corrected chi connectivity index (χ4v) is 2.54. The molecule has 2 rings (SSSR count). The van der Waals surface area contributed by atoms with E-state index >= 15 is 0 Å². The third kappa shape index (κ3) is 3.25. The second kappa shape index (κ2) is 8.15. The minimum absolute atomic E-state index is 0.496. The van der Waals surface area contributed by atoms with Gasteiger partial charge in [-0.05, 0) is 12.1 Å². The van der Waals surface area contributed by atoms with E-state index in [2.05, 4.69) is 0 Å². The van der Waals surface area contributed by atoms with Gasteiger partial charge in [0.2, 0.25) is 5.75 Å². The van der Waals surface area contributed by atoms with Crippen LogP contribution >= 0.6 is 0 Å². The Labute approximate surface area is 142 Å². The lowest BCUT2D eigenvalue weighted by atomic mass is 10.1. The number of ether oxygens (including phenoxy) is 5. The maximum absolute atomic E-state index is 5.64. The van der Waals surface area contributed by atoms with Crippen LogP contribution < -0.4 is 14.2 Å². The Morgan fingerprint density at radius 1 is 0.625 bits per heavy atom. The first-order chi connectivity index (χ1) is 11.7. The normalized spacial score (nSPS) is 11.4. The Morgan fingerprint density at radius 3 is 1.75 bits per heavy atom. The van der Waals surface area contributed by atoms with Crippen molar-refractivity contribution in [3.63, 3.8) is 0 Å². The minimum atomic E-state index is 0.496. The van der Waals surface area contributed by atoms with Crippen molar-refractivity contribution in [1.82, 2.24) is 0 Å². The van der Waals surface area contributed by atoms with E-state index in [9.17, 15) is 0 Å². The standard InChI is InChI=1S/C19H22O5/c1-20-15-12-11-14(18(23-4)19(15)24-5)17(22-3)16(21-2)13-9-7-6-8-10-13/h6-12H,1-5H3. The highest BCUT2D eigenvalue weighted by Gasteiger charge is 2.22. The van der Waals surface area contributed by atoms with E-state index in [0.717, 1.165) is 5.56 Å². The van der Waals surface area contributed by atoms with Gasteiger partial charge < -0.3 is 23.7 Å². The summed E-state index contributed by atoms with van der Waals surface area (Å²) in [6.07, 6.45) is 0. The number of benzene rings is 2. The molecule has 0 aliphatic heterocycles. The van der Waals surface area contributed by atoms with Crippen molar-refractivity contribution >= 4 is 11.5 Å². The van der Waals surface area contributed by atoms with Crippen LogP contribution in [0.1, 0.15) is 11.1 Å². The third-order valence-electron chi connectivity index (χ3n) is 3.60. The monoisotopic (exact) mass is 330 g/mol. The van der Waals surface area contributed by atoms with Crippen LogP contribution in [-0.2, 0) is 9.47 Å². The van der Waals surface area contributed by atoms with Crippen molar-refractivity contribution in [2.24, 2.45) is 0 Å². The molecule has 5 heteroatoms. The molecule has 24 heavy (non-hydrogen) atoms. The molecular formula is C19H22O5. The average molecular weight is 330 g/mol. The Kier molecular flexibility index (Phi) is 5.95. The van der Waals surface area contributed by atoms with Crippen LogP contribution in [0.4, 0.5) is 0 Å². The number of hydrogen-bond donors (Lipinski definition) is 0. The zero-order chi connectivity index (χ0) is 17.5. The van der Waals surface area contributed by atoms with Gasteiger partial charge in [0.1, 0.15) is 0 Å². The summed E-state index contributed by atoms with van der Waals surface area (Å²) in [6, 6.07) is 13.4. The Balaban J connectivity index is 2.72. The van der Waals surface area contributed by atoms with Gasteiger partial charge in [-0.2, -0.15) is 0 Å². The smallest absolute Gasteiger partial charge is 0.204 e. The molecule has 0 fully saturated rings. The van der Waals surface area contributed by atoms with Gasteiger partial charge in [-0.15, -0.1) is 0 Å². The van der Waals surface area contributed by atoms with Gasteiger partial charge in [0.25, 0.3) is 0 Å². The molecule has 0 spiro atoms. The topological polar surface area (TPSA) is 46.2 Å². The van der Waals surface area contributed by atoms with Crippen molar-refractivity contribution in [2.45, 2.75) is 0 Å². The SMILES string of the molecule is COC(=C(OC)c1ccc(OC)c(OC)c1OC)c1ccccc1. The molecule has 128 valence electrons. The van der Waals surface area contributed by atoms with Gasteiger partial charge in [0, 0.05) is 5.56 Å². The molecule has 0 heterocycles. The molecule has 2 aromatic carbocycles. The molecule has 5 nitrogen and oxygen atoms in total. The highest BCUT2D eigenvalue weighted by molar-refractivity contribution is 5.87. The summed E-state index contributed by atoms with van der Waals surface area (Å²) in [5, 5.41) is 0. The molecule has 0 aromatic heterocycles. The van der Waals surface area contributed by atoms with E-state index < -0.39 is 0 Å². The number of hydrogen-bond acceptors (Lipinski definition) is 5. The molecule has 0 aliphatic rings. The molecule has 0 atom stereocenters. The quantitative estimate of drug-likeness (QED) is 0.570. The first-order valence-corrected chi connectivity index (χ1v) is 7.38. The second-order valence-corrected chi connectivity index (χ2v) is 4.81. The largest absolute Gasteiger partial charge is 0.493 e. The minimum Gasteiger partial charge on any atom is -0.493 e. The molecule has 0 aliphatic carbocycles. The van der Waals surface area contributed by atoms with E-state index in [1.165, 1.54) is 0 Å². The zero-order valence-corrected chi connectivity index (χ0v) is 14.6. The van der Waals surface area contributed by atoms with E-state index in [-0.39, 0.29) is 0 Å². The fourth-order valence-electron chi connectivity index (χ4n) is 2.54. The van der Waals surface area contributed by atoms with Crippen molar-refractivity contribution in [1.29, 1.82) is 0 Å². The first-order valence-electron chi connectivity index (χ1n) is 7.38. The summed E-state index contributed by atoms with van der Waals surface area (Å²) in [6.45, 7) is 0. The summed E-state index contributed by atoms with van der Waals surface area (Å²) in [5.74, 6) is 2.73. The molecule has 0 radical (unpaired) electrons. The lowest BCUT2D eigenvalue weighted by molar-refractivity contribution is 0.313. The van der Waals surface area contributed by atoms with E-state index in [1.807, 2.05) is 36.4 Å². The van der Waals surface area contributed by atoms with Crippen LogP contribution in [-0.4, -0.2) is 35.5 Å². The van der Waals surface area contributed by atoms with Crippen molar-refractivity contribution in [3.05, 3.63) is 53.6 Å². The van der Waals surface area contributed by atoms with Crippen molar-refractivity contribution in [2.75, 3.05) is 35.5 Å². The van der Waals surface area contributed by atoms with Crippen LogP contribution in [0.3, 0.4) is 0 Å². The van der Waals surface area contributed by atoms with E-state index in [1.54, 1.807) is 41.6 Å². The van der Waals surface area contributed by atoms with Crippen LogP contribution in [0.25, 0.3) is 11.5 Å². The molecule has 0 saturated heterocycles. The van der Waals surface area contributed by atoms with Crippen LogP contribution in [0, 0.1) is 0 Å². The summed E-state index contributed by atoms with van der Waals surface area (Å²) < 4.78 is 27.6. The van der Waals surface area contributed by atoms with Crippen LogP contribution in [0.2, 0.25) is 0 Å². The average Bonchev–Trinajstić information content (AvgIpc) is 2.65. The van der Waals surface area contributed by atoms with Crippen LogP contribution in [0.5, 0.6) is 17.2 Å². The molecule has 0 saturated carbocycles. The summed E-state index contributed by atoms with van der Waals surface area (Å²) >= 11 is 0. The van der Waals surface area contributed by atoms with Gasteiger partial charge in [0.15, 0.2) is 23.0 Å². The second-order valence-electron chi connectivity index (χ2n) is 4.81. The van der Waals surface area contributed by atoms with Gasteiger partial charge >= 0.3 is 0 Å². The molecule has 2 aromatic rings. The number of rotatable bonds is 7. The fraction of sp³-hybridized carbons (Fsp3) is 0.263. The maximum atomic E-state index is 5.64.